The molecule has 0 radical (unpaired) electrons. The van der Waals surface area contributed by atoms with Crippen LogP contribution in [0.2, 0.25) is 0 Å². The van der Waals surface area contributed by atoms with Crippen LogP contribution in [-0.2, 0) is 0 Å². The summed E-state index contributed by atoms with van der Waals surface area (Å²) in [4.78, 5) is 23.2. The van der Waals surface area contributed by atoms with E-state index in [4.69, 9.17) is 4.74 Å². The second-order valence-corrected chi connectivity index (χ2v) is 5.83. The molecule has 0 saturated heterocycles. The first-order valence-electron chi connectivity index (χ1n) is 6.48. The summed E-state index contributed by atoms with van der Waals surface area (Å²) in [7, 11) is 1.58. The van der Waals surface area contributed by atoms with E-state index in [2.05, 4.69) is 5.32 Å². The number of rotatable bonds is 3. The number of nitro benzene ring substituents is 1. The second-order valence-electron chi connectivity index (χ2n) is 4.69. The highest BCUT2D eigenvalue weighted by Gasteiger charge is 2.27. The number of hydrogen-bond donors (Lipinski definition) is 1. The maximum absolute atomic E-state index is 12.2. The van der Waals surface area contributed by atoms with Crippen molar-refractivity contribution in [3.8, 4) is 5.75 Å². The van der Waals surface area contributed by atoms with Crippen LogP contribution >= 0.6 is 11.8 Å². The number of methoxy groups -OCH3 is 1. The first-order chi connectivity index (χ1) is 10.6. The van der Waals surface area contributed by atoms with E-state index in [9.17, 15) is 14.9 Å². The number of thioether (sulfide) groups is 1. The highest BCUT2D eigenvalue weighted by molar-refractivity contribution is 7.99. The number of carbonyl (C=O) groups excluding carboxylic acids is 1. The van der Waals surface area contributed by atoms with Crippen molar-refractivity contribution in [2.24, 2.45) is 0 Å². The molecule has 6 nitrogen and oxygen atoms in total. The maximum atomic E-state index is 12.2. The van der Waals surface area contributed by atoms with E-state index < -0.39 is 4.92 Å². The van der Waals surface area contributed by atoms with Crippen LogP contribution in [-0.4, -0.2) is 17.9 Å². The Bertz CT molecular complexity index is 763. The van der Waals surface area contributed by atoms with E-state index in [1.54, 1.807) is 13.2 Å². The van der Waals surface area contributed by atoms with Crippen molar-refractivity contribution in [3.63, 3.8) is 0 Å². The Kier molecular flexibility index (Phi) is 3.72. The number of fused-ring (bicyclic) bond motifs is 1. The zero-order valence-corrected chi connectivity index (χ0v) is 12.4. The molecule has 0 saturated carbocycles. The maximum Gasteiger partial charge on any atom is 0.270 e. The van der Waals surface area contributed by atoms with Gasteiger partial charge in [-0.2, -0.15) is 0 Å². The Morgan fingerprint density at radius 2 is 2.09 bits per heavy atom. The van der Waals surface area contributed by atoms with E-state index in [0.29, 0.717) is 11.3 Å². The van der Waals surface area contributed by atoms with Crippen LogP contribution in [0.25, 0.3) is 0 Å². The number of nitrogens with one attached hydrogen (secondary N) is 1. The highest BCUT2D eigenvalue weighted by atomic mass is 32.2. The van der Waals surface area contributed by atoms with Gasteiger partial charge in [0.25, 0.3) is 11.6 Å². The lowest BCUT2D eigenvalue weighted by Gasteiger charge is -2.25. The van der Waals surface area contributed by atoms with E-state index in [1.165, 1.54) is 23.9 Å². The predicted molar refractivity (Wildman–Crippen MR) is 82.2 cm³/mol. The summed E-state index contributed by atoms with van der Waals surface area (Å²) in [5, 5.41) is 13.4. The Morgan fingerprint density at radius 3 is 2.82 bits per heavy atom. The monoisotopic (exact) mass is 316 g/mol. The van der Waals surface area contributed by atoms with Gasteiger partial charge >= 0.3 is 0 Å². The van der Waals surface area contributed by atoms with E-state index in [-0.39, 0.29) is 17.0 Å². The fourth-order valence-electron chi connectivity index (χ4n) is 2.22. The number of hydrogen-bond acceptors (Lipinski definition) is 5. The third-order valence-electron chi connectivity index (χ3n) is 3.32. The van der Waals surface area contributed by atoms with Gasteiger partial charge in [0.05, 0.1) is 17.6 Å². The molecule has 112 valence electrons. The fraction of sp³-hybridized carbons (Fsp3) is 0.133. The molecule has 7 heteroatoms. The Labute approximate surface area is 130 Å². The van der Waals surface area contributed by atoms with Gasteiger partial charge in [-0.05, 0) is 23.8 Å². The van der Waals surface area contributed by atoms with Gasteiger partial charge in [0.1, 0.15) is 11.1 Å². The van der Waals surface area contributed by atoms with Crippen molar-refractivity contribution < 1.29 is 14.5 Å². The molecule has 1 N–H and O–H groups in total. The first-order valence-corrected chi connectivity index (χ1v) is 7.36. The lowest BCUT2D eigenvalue weighted by molar-refractivity contribution is -0.384. The molecule has 2 aromatic rings. The zero-order chi connectivity index (χ0) is 15.7. The van der Waals surface area contributed by atoms with Crippen molar-refractivity contribution in [2.75, 3.05) is 7.11 Å². The standard InChI is InChI=1S/C15H12N2O4S/c1-21-11-4-2-3-9(7-11)15-16-14(18)12-8-10(17(19)20)5-6-13(12)22-15/h2-8,15H,1H3,(H,16,18). The molecular formula is C15H12N2O4S. The minimum Gasteiger partial charge on any atom is -0.497 e. The van der Waals surface area contributed by atoms with Gasteiger partial charge in [-0.1, -0.05) is 23.9 Å². The van der Waals surface area contributed by atoms with Crippen LogP contribution in [0.15, 0.2) is 47.4 Å². The van der Waals surface area contributed by atoms with Crippen molar-refractivity contribution in [1.82, 2.24) is 5.32 Å². The van der Waals surface area contributed by atoms with Crippen LogP contribution in [0, 0.1) is 10.1 Å². The molecule has 0 spiro atoms. The Hall–Kier alpha value is -2.54. The summed E-state index contributed by atoms with van der Waals surface area (Å²) in [5.41, 5.74) is 1.15. The van der Waals surface area contributed by atoms with Crippen molar-refractivity contribution in [1.29, 1.82) is 0 Å². The molecule has 0 aromatic heterocycles. The first kappa shape index (κ1) is 14.4. The van der Waals surface area contributed by atoms with Crippen molar-refractivity contribution in [2.45, 2.75) is 10.3 Å². The summed E-state index contributed by atoms with van der Waals surface area (Å²) >= 11 is 1.44. The summed E-state index contributed by atoms with van der Waals surface area (Å²) < 4.78 is 5.19. The summed E-state index contributed by atoms with van der Waals surface area (Å²) in [5.74, 6) is 0.395. The lowest BCUT2D eigenvalue weighted by atomic mass is 10.1. The molecule has 1 aliphatic heterocycles. The molecule has 1 aliphatic rings. The molecule has 0 fully saturated rings. The third-order valence-corrected chi connectivity index (χ3v) is 4.56. The minimum atomic E-state index is -0.508. The SMILES string of the molecule is COc1cccc(C2NC(=O)c3cc([N+](=O)[O-])ccc3S2)c1. The average Bonchev–Trinajstić information content (AvgIpc) is 2.54. The summed E-state index contributed by atoms with van der Waals surface area (Å²) in [6, 6.07) is 11.8. The Balaban J connectivity index is 1.94. The summed E-state index contributed by atoms with van der Waals surface area (Å²) in [6.45, 7) is 0. The van der Waals surface area contributed by atoms with Crippen molar-refractivity contribution >= 4 is 23.4 Å². The van der Waals surface area contributed by atoms with Gasteiger partial charge in [-0.15, -0.1) is 0 Å². The molecule has 1 amide bonds. The molecule has 3 rings (SSSR count). The van der Waals surface area contributed by atoms with Gasteiger partial charge in [-0.3, -0.25) is 14.9 Å². The quantitative estimate of drug-likeness (QED) is 0.695. The molecule has 1 unspecified atom stereocenters. The third kappa shape index (κ3) is 2.62. The highest BCUT2D eigenvalue weighted by Crippen LogP contribution is 2.40. The smallest absolute Gasteiger partial charge is 0.270 e. The van der Waals surface area contributed by atoms with Crippen LogP contribution in [0.5, 0.6) is 5.75 Å². The molecule has 1 heterocycles. The van der Waals surface area contributed by atoms with Gasteiger partial charge in [0, 0.05) is 17.0 Å². The fourth-order valence-corrected chi connectivity index (χ4v) is 3.35. The zero-order valence-electron chi connectivity index (χ0n) is 11.6. The molecule has 1 atom stereocenters. The molecule has 22 heavy (non-hydrogen) atoms. The average molecular weight is 316 g/mol. The van der Waals surface area contributed by atoms with Crippen LogP contribution in [0.4, 0.5) is 5.69 Å². The number of carbonyl (C=O) groups is 1. The number of amides is 1. The number of benzene rings is 2. The molecule has 0 aliphatic carbocycles. The summed E-state index contributed by atoms with van der Waals surface area (Å²) in [6.07, 6.45) is 0. The van der Waals surface area contributed by atoms with Gasteiger partial charge in [0.2, 0.25) is 0 Å². The minimum absolute atomic E-state index is 0.0886. The number of non-ortho nitro benzene ring substituents is 1. The molecular weight excluding hydrogens is 304 g/mol. The number of nitrogens with zero attached hydrogens (tertiary/aromatic N) is 1. The van der Waals surface area contributed by atoms with Crippen LogP contribution in [0.3, 0.4) is 0 Å². The van der Waals surface area contributed by atoms with Crippen LogP contribution in [0.1, 0.15) is 21.3 Å². The largest absolute Gasteiger partial charge is 0.497 e. The predicted octanol–water partition coefficient (Wildman–Crippen LogP) is 3.14. The van der Waals surface area contributed by atoms with E-state index in [1.807, 2.05) is 24.3 Å². The van der Waals surface area contributed by atoms with Crippen LogP contribution < -0.4 is 10.1 Å². The van der Waals surface area contributed by atoms with Gasteiger partial charge in [-0.25, -0.2) is 0 Å². The lowest BCUT2D eigenvalue weighted by Crippen LogP contribution is -2.30. The van der Waals surface area contributed by atoms with Gasteiger partial charge < -0.3 is 10.1 Å². The van der Waals surface area contributed by atoms with E-state index >= 15 is 0 Å². The Morgan fingerprint density at radius 1 is 1.27 bits per heavy atom. The normalized spacial score (nSPS) is 16.6. The number of ether oxygens (including phenoxy) is 1. The van der Waals surface area contributed by atoms with Gasteiger partial charge in [0.15, 0.2) is 0 Å². The topological polar surface area (TPSA) is 81.5 Å². The van der Waals surface area contributed by atoms with Crippen molar-refractivity contribution in [3.05, 3.63) is 63.7 Å². The number of nitro groups is 1. The second kappa shape index (κ2) is 5.69. The molecule has 0 bridgehead atoms. The molecule has 2 aromatic carbocycles. The van der Waals surface area contributed by atoms with E-state index in [0.717, 1.165) is 10.5 Å².